The molecule has 4 heteroatoms. The molecule has 0 amide bonds. The Morgan fingerprint density at radius 1 is 1.35 bits per heavy atom. The SMILES string of the molecule is CCCN(Cc1cccc(Cl)c1Cl)C1CNC1. The predicted octanol–water partition coefficient (Wildman–Crippen LogP) is 3.18. The van der Waals surface area contributed by atoms with Crippen molar-refractivity contribution in [3.8, 4) is 0 Å². The molecule has 1 aliphatic heterocycles. The van der Waals surface area contributed by atoms with Gasteiger partial charge in [-0.15, -0.1) is 0 Å². The molecule has 94 valence electrons. The lowest BCUT2D eigenvalue weighted by molar-refractivity contribution is 0.138. The summed E-state index contributed by atoms with van der Waals surface area (Å²) in [6.45, 7) is 6.36. The highest BCUT2D eigenvalue weighted by molar-refractivity contribution is 6.42. The lowest BCUT2D eigenvalue weighted by atomic mass is 10.1. The maximum atomic E-state index is 6.23. The van der Waals surface area contributed by atoms with Crippen molar-refractivity contribution in [2.75, 3.05) is 19.6 Å². The Bertz CT molecular complexity index is 378. The van der Waals surface area contributed by atoms with Gasteiger partial charge in [-0.25, -0.2) is 0 Å². The summed E-state index contributed by atoms with van der Waals surface area (Å²) >= 11 is 12.3. The van der Waals surface area contributed by atoms with E-state index in [1.54, 1.807) is 0 Å². The molecule has 1 aromatic carbocycles. The quantitative estimate of drug-likeness (QED) is 0.886. The standard InChI is InChI=1S/C13H18Cl2N2/c1-2-6-17(11-7-16-8-11)9-10-4-3-5-12(14)13(10)15/h3-5,11,16H,2,6-9H2,1H3. The second-order valence-corrected chi connectivity index (χ2v) is 5.28. The monoisotopic (exact) mass is 272 g/mol. The molecule has 0 spiro atoms. The molecule has 0 bridgehead atoms. The van der Waals surface area contributed by atoms with Crippen molar-refractivity contribution in [1.29, 1.82) is 0 Å². The van der Waals surface area contributed by atoms with Crippen LogP contribution in [0.3, 0.4) is 0 Å². The van der Waals surface area contributed by atoms with Crippen molar-refractivity contribution >= 4 is 23.2 Å². The third-order valence-electron chi connectivity index (χ3n) is 3.19. The molecule has 2 nitrogen and oxygen atoms in total. The summed E-state index contributed by atoms with van der Waals surface area (Å²) in [5.74, 6) is 0. The van der Waals surface area contributed by atoms with Gasteiger partial charge in [-0.3, -0.25) is 4.90 Å². The van der Waals surface area contributed by atoms with E-state index in [-0.39, 0.29) is 0 Å². The Hall–Kier alpha value is -0.280. The van der Waals surface area contributed by atoms with E-state index in [0.717, 1.165) is 38.2 Å². The zero-order chi connectivity index (χ0) is 12.3. The molecule has 0 unspecified atom stereocenters. The predicted molar refractivity (Wildman–Crippen MR) is 73.8 cm³/mol. The van der Waals surface area contributed by atoms with Crippen LogP contribution in [0, 0.1) is 0 Å². The van der Waals surface area contributed by atoms with Crippen LogP contribution in [-0.4, -0.2) is 30.6 Å². The topological polar surface area (TPSA) is 15.3 Å². The maximum Gasteiger partial charge on any atom is 0.0637 e. The minimum atomic E-state index is 0.644. The summed E-state index contributed by atoms with van der Waals surface area (Å²) in [6.07, 6.45) is 1.16. The third-order valence-corrected chi connectivity index (χ3v) is 4.05. The number of nitrogens with zero attached hydrogens (tertiary/aromatic N) is 1. The van der Waals surface area contributed by atoms with Gasteiger partial charge in [-0.2, -0.15) is 0 Å². The van der Waals surface area contributed by atoms with Crippen LogP contribution >= 0.6 is 23.2 Å². The van der Waals surface area contributed by atoms with E-state index in [2.05, 4.69) is 23.2 Å². The molecule has 1 N–H and O–H groups in total. The van der Waals surface area contributed by atoms with Gasteiger partial charge in [-0.05, 0) is 24.6 Å². The summed E-state index contributed by atoms with van der Waals surface area (Å²) in [7, 11) is 0. The van der Waals surface area contributed by atoms with Gasteiger partial charge in [0.25, 0.3) is 0 Å². The van der Waals surface area contributed by atoms with Gasteiger partial charge in [-0.1, -0.05) is 42.3 Å². The van der Waals surface area contributed by atoms with Crippen LogP contribution in [0.25, 0.3) is 0 Å². The van der Waals surface area contributed by atoms with Crippen LogP contribution in [0.5, 0.6) is 0 Å². The fourth-order valence-electron chi connectivity index (χ4n) is 2.10. The second kappa shape index (κ2) is 6.05. The first-order chi connectivity index (χ1) is 8.22. The fourth-order valence-corrected chi connectivity index (χ4v) is 2.48. The number of rotatable bonds is 5. The van der Waals surface area contributed by atoms with Gasteiger partial charge >= 0.3 is 0 Å². The Morgan fingerprint density at radius 3 is 2.71 bits per heavy atom. The largest absolute Gasteiger partial charge is 0.314 e. The van der Waals surface area contributed by atoms with Crippen LogP contribution in [0.1, 0.15) is 18.9 Å². The van der Waals surface area contributed by atoms with E-state index in [1.165, 1.54) is 0 Å². The summed E-state index contributed by atoms with van der Waals surface area (Å²) in [5.41, 5.74) is 1.12. The summed E-state index contributed by atoms with van der Waals surface area (Å²) in [6, 6.07) is 6.50. The van der Waals surface area contributed by atoms with Gasteiger partial charge in [0.2, 0.25) is 0 Å². The number of hydrogen-bond donors (Lipinski definition) is 1. The Kier molecular flexibility index (Phi) is 4.69. The zero-order valence-electron chi connectivity index (χ0n) is 10.0. The molecule has 0 atom stereocenters. The lowest BCUT2D eigenvalue weighted by Crippen LogP contribution is -2.57. The number of nitrogens with one attached hydrogen (secondary N) is 1. The van der Waals surface area contributed by atoms with E-state index >= 15 is 0 Å². The smallest absolute Gasteiger partial charge is 0.0637 e. The first-order valence-electron chi connectivity index (χ1n) is 6.10. The average molecular weight is 273 g/mol. The molecule has 1 aliphatic rings. The highest BCUT2D eigenvalue weighted by Gasteiger charge is 2.24. The number of halogens is 2. The minimum Gasteiger partial charge on any atom is -0.314 e. The molecule has 1 heterocycles. The summed E-state index contributed by atoms with van der Waals surface area (Å²) < 4.78 is 0. The summed E-state index contributed by atoms with van der Waals surface area (Å²) in [5, 5.41) is 4.65. The highest BCUT2D eigenvalue weighted by Crippen LogP contribution is 2.27. The van der Waals surface area contributed by atoms with E-state index < -0.39 is 0 Å². The highest BCUT2D eigenvalue weighted by atomic mass is 35.5. The first kappa shape index (κ1) is 13.2. The molecular weight excluding hydrogens is 255 g/mol. The molecule has 17 heavy (non-hydrogen) atoms. The maximum absolute atomic E-state index is 6.23. The van der Waals surface area contributed by atoms with E-state index in [0.29, 0.717) is 16.1 Å². The summed E-state index contributed by atoms with van der Waals surface area (Å²) in [4.78, 5) is 2.48. The zero-order valence-corrected chi connectivity index (χ0v) is 11.6. The van der Waals surface area contributed by atoms with Crippen LogP contribution in [-0.2, 0) is 6.54 Å². The molecule has 2 rings (SSSR count). The Balaban J connectivity index is 2.08. The van der Waals surface area contributed by atoms with Crippen molar-refractivity contribution in [2.24, 2.45) is 0 Å². The van der Waals surface area contributed by atoms with Gasteiger partial charge < -0.3 is 5.32 Å². The van der Waals surface area contributed by atoms with Crippen LogP contribution in [0.2, 0.25) is 10.0 Å². The molecule has 0 saturated carbocycles. The molecule has 0 aromatic heterocycles. The molecule has 0 radical (unpaired) electrons. The van der Waals surface area contributed by atoms with Crippen LogP contribution in [0.4, 0.5) is 0 Å². The van der Waals surface area contributed by atoms with E-state index in [9.17, 15) is 0 Å². The van der Waals surface area contributed by atoms with Crippen molar-refractivity contribution < 1.29 is 0 Å². The number of benzene rings is 1. The lowest BCUT2D eigenvalue weighted by Gasteiger charge is -2.38. The Labute approximate surface area is 113 Å². The van der Waals surface area contributed by atoms with Crippen molar-refractivity contribution in [3.05, 3.63) is 33.8 Å². The number of hydrogen-bond acceptors (Lipinski definition) is 2. The molecule has 1 saturated heterocycles. The molecule has 1 aromatic rings. The third kappa shape index (κ3) is 3.14. The van der Waals surface area contributed by atoms with Gasteiger partial charge in [0.15, 0.2) is 0 Å². The van der Waals surface area contributed by atoms with Crippen LogP contribution in [0.15, 0.2) is 18.2 Å². The van der Waals surface area contributed by atoms with E-state index in [1.807, 2.05) is 12.1 Å². The van der Waals surface area contributed by atoms with Crippen LogP contribution < -0.4 is 5.32 Å². The molecule has 1 fully saturated rings. The second-order valence-electron chi connectivity index (χ2n) is 4.50. The molecular formula is C13H18Cl2N2. The first-order valence-corrected chi connectivity index (χ1v) is 6.85. The minimum absolute atomic E-state index is 0.644. The Morgan fingerprint density at radius 2 is 2.12 bits per heavy atom. The normalized spacial score (nSPS) is 16.2. The van der Waals surface area contributed by atoms with E-state index in [4.69, 9.17) is 23.2 Å². The van der Waals surface area contributed by atoms with Crippen molar-refractivity contribution in [2.45, 2.75) is 25.9 Å². The van der Waals surface area contributed by atoms with Gasteiger partial charge in [0.05, 0.1) is 10.0 Å². The van der Waals surface area contributed by atoms with Crippen molar-refractivity contribution in [1.82, 2.24) is 10.2 Å². The fraction of sp³-hybridized carbons (Fsp3) is 0.538. The van der Waals surface area contributed by atoms with Crippen molar-refractivity contribution in [3.63, 3.8) is 0 Å². The average Bonchev–Trinajstić information content (AvgIpc) is 2.22. The van der Waals surface area contributed by atoms with Gasteiger partial charge in [0, 0.05) is 25.7 Å². The van der Waals surface area contributed by atoms with Gasteiger partial charge in [0.1, 0.15) is 0 Å². The molecule has 0 aliphatic carbocycles.